The predicted octanol–water partition coefficient (Wildman–Crippen LogP) is 4.11. The molecule has 0 aliphatic rings. The molecule has 0 aromatic heterocycles. The Morgan fingerprint density at radius 3 is 2.16 bits per heavy atom. The van der Waals surface area contributed by atoms with Gasteiger partial charge in [0.05, 0.1) is 0 Å². The Kier molecular flexibility index (Phi) is 4.27. The molecule has 0 saturated carbocycles. The van der Waals surface area contributed by atoms with Crippen LogP contribution in [0.2, 0.25) is 0 Å². The maximum Gasteiger partial charge on any atom is 0.126 e. The van der Waals surface area contributed by atoms with Crippen LogP contribution in [0.1, 0.15) is 17.2 Å². The SMILES string of the molecule is NC(Cc1ccc(F)cc1Br)c1cc(F)cc(F)c1. The molecule has 5 heteroatoms. The number of rotatable bonds is 3. The Labute approximate surface area is 117 Å². The van der Waals surface area contributed by atoms with Crippen molar-refractivity contribution in [1.82, 2.24) is 0 Å². The quantitative estimate of drug-likeness (QED) is 0.901. The third-order valence-electron chi connectivity index (χ3n) is 2.77. The van der Waals surface area contributed by atoms with Crippen molar-refractivity contribution in [3.63, 3.8) is 0 Å². The maximum atomic E-state index is 13.1. The Morgan fingerprint density at radius 2 is 1.58 bits per heavy atom. The van der Waals surface area contributed by atoms with E-state index in [4.69, 9.17) is 5.73 Å². The van der Waals surface area contributed by atoms with Gasteiger partial charge in [0.2, 0.25) is 0 Å². The highest BCUT2D eigenvalue weighted by Crippen LogP contribution is 2.24. The lowest BCUT2D eigenvalue weighted by molar-refractivity contribution is 0.572. The van der Waals surface area contributed by atoms with Gasteiger partial charge in [-0.3, -0.25) is 0 Å². The molecule has 1 unspecified atom stereocenters. The van der Waals surface area contributed by atoms with Crippen LogP contribution in [-0.2, 0) is 6.42 Å². The van der Waals surface area contributed by atoms with Gasteiger partial charge in [-0.2, -0.15) is 0 Å². The van der Waals surface area contributed by atoms with Crippen molar-refractivity contribution in [2.45, 2.75) is 12.5 Å². The van der Waals surface area contributed by atoms with Crippen molar-refractivity contribution in [2.24, 2.45) is 5.73 Å². The highest BCUT2D eigenvalue weighted by atomic mass is 79.9. The van der Waals surface area contributed by atoms with E-state index in [0.29, 0.717) is 16.5 Å². The maximum absolute atomic E-state index is 13.1. The molecule has 2 rings (SSSR count). The summed E-state index contributed by atoms with van der Waals surface area (Å²) >= 11 is 3.23. The Bertz CT molecular complexity index is 581. The van der Waals surface area contributed by atoms with Crippen LogP contribution in [0.3, 0.4) is 0 Å². The van der Waals surface area contributed by atoms with Gasteiger partial charge in [0, 0.05) is 16.6 Å². The minimum Gasteiger partial charge on any atom is -0.324 e. The molecule has 0 amide bonds. The van der Waals surface area contributed by atoms with Crippen LogP contribution in [0.4, 0.5) is 13.2 Å². The molecule has 1 nitrogen and oxygen atoms in total. The van der Waals surface area contributed by atoms with Crippen LogP contribution >= 0.6 is 15.9 Å². The molecule has 0 spiro atoms. The van der Waals surface area contributed by atoms with Gasteiger partial charge in [-0.25, -0.2) is 13.2 Å². The molecule has 0 aliphatic carbocycles. The molecule has 19 heavy (non-hydrogen) atoms. The summed E-state index contributed by atoms with van der Waals surface area (Å²) in [5, 5.41) is 0. The van der Waals surface area contributed by atoms with E-state index in [2.05, 4.69) is 15.9 Å². The zero-order valence-electron chi connectivity index (χ0n) is 9.84. The molecule has 100 valence electrons. The first-order valence-electron chi connectivity index (χ1n) is 5.61. The molecular formula is C14H11BrF3N. The van der Waals surface area contributed by atoms with Gasteiger partial charge < -0.3 is 5.73 Å². The lowest BCUT2D eigenvalue weighted by Gasteiger charge is -2.13. The number of halogens is 4. The zero-order chi connectivity index (χ0) is 14.0. The standard InChI is InChI=1S/C14H11BrF3N/c15-13-7-10(16)2-1-8(13)5-14(19)9-3-11(17)6-12(18)4-9/h1-4,6-7,14H,5,19H2. The summed E-state index contributed by atoms with van der Waals surface area (Å²) in [7, 11) is 0. The van der Waals surface area contributed by atoms with E-state index in [1.807, 2.05) is 0 Å². The minimum absolute atomic E-state index is 0.351. The second kappa shape index (κ2) is 5.75. The topological polar surface area (TPSA) is 26.0 Å². The van der Waals surface area contributed by atoms with E-state index in [1.54, 1.807) is 6.07 Å². The van der Waals surface area contributed by atoms with Crippen molar-refractivity contribution >= 4 is 15.9 Å². The average Bonchev–Trinajstić information content (AvgIpc) is 2.31. The summed E-state index contributed by atoms with van der Waals surface area (Å²) in [6.07, 6.45) is 0.351. The third-order valence-corrected chi connectivity index (χ3v) is 3.51. The van der Waals surface area contributed by atoms with Gasteiger partial charge in [-0.1, -0.05) is 22.0 Å². The smallest absolute Gasteiger partial charge is 0.126 e. The van der Waals surface area contributed by atoms with E-state index in [-0.39, 0.29) is 5.82 Å². The van der Waals surface area contributed by atoms with Crippen LogP contribution in [0.5, 0.6) is 0 Å². The third kappa shape index (κ3) is 3.58. The van der Waals surface area contributed by atoms with Gasteiger partial charge in [0.1, 0.15) is 17.5 Å². The molecule has 0 radical (unpaired) electrons. The summed E-state index contributed by atoms with van der Waals surface area (Å²) in [6.45, 7) is 0. The van der Waals surface area contributed by atoms with Gasteiger partial charge in [-0.05, 0) is 41.8 Å². The lowest BCUT2D eigenvalue weighted by atomic mass is 9.99. The number of benzene rings is 2. The van der Waals surface area contributed by atoms with Crippen molar-refractivity contribution in [3.8, 4) is 0 Å². The van der Waals surface area contributed by atoms with Crippen LogP contribution in [-0.4, -0.2) is 0 Å². The second-order valence-corrected chi connectivity index (χ2v) is 5.10. The fourth-order valence-corrected chi connectivity index (χ4v) is 2.34. The van der Waals surface area contributed by atoms with Crippen LogP contribution in [0.15, 0.2) is 40.9 Å². The van der Waals surface area contributed by atoms with Gasteiger partial charge in [0.15, 0.2) is 0 Å². The van der Waals surface area contributed by atoms with E-state index < -0.39 is 17.7 Å². The molecule has 0 aliphatic heterocycles. The normalized spacial score (nSPS) is 12.5. The summed E-state index contributed by atoms with van der Waals surface area (Å²) < 4.78 is 39.7. The summed E-state index contributed by atoms with van der Waals surface area (Å²) in [4.78, 5) is 0. The Balaban J connectivity index is 2.22. The highest BCUT2D eigenvalue weighted by Gasteiger charge is 2.12. The zero-order valence-corrected chi connectivity index (χ0v) is 11.4. The van der Waals surface area contributed by atoms with Crippen molar-refractivity contribution in [1.29, 1.82) is 0 Å². The molecule has 0 saturated heterocycles. The summed E-state index contributed by atoms with van der Waals surface area (Å²) in [6, 6.07) is 6.87. The molecule has 0 bridgehead atoms. The average molecular weight is 330 g/mol. The van der Waals surface area contributed by atoms with E-state index in [1.165, 1.54) is 24.3 Å². The van der Waals surface area contributed by atoms with E-state index in [0.717, 1.165) is 11.6 Å². The fraction of sp³-hybridized carbons (Fsp3) is 0.143. The van der Waals surface area contributed by atoms with Crippen LogP contribution in [0, 0.1) is 17.5 Å². The Morgan fingerprint density at radius 1 is 0.947 bits per heavy atom. The first-order chi connectivity index (χ1) is 8.95. The highest BCUT2D eigenvalue weighted by molar-refractivity contribution is 9.10. The fourth-order valence-electron chi connectivity index (χ4n) is 1.83. The van der Waals surface area contributed by atoms with Gasteiger partial charge in [-0.15, -0.1) is 0 Å². The minimum atomic E-state index is -0.663. The molecule has 1 atom stereocenters. The molecular weight excluding hydrogens is 319 g/mol. The Hall–Kier alpha value is -1.33. The van der Waals surface area contributed by atoms with E-state index >= 15 is 0 Å². The van der Waals surface area contributed by atoms with Gasteiger partial charge >= 0.3 is 0 Å². The monoisotopic (exact) mass is 329 g/mol. The number of nitrogens with two attached hydrogens (primary N) is 1. The van der Waals surface area contributed by atoms with Crippen molar-refractivity contribution in [2.75, 3.05) is 0 Å². The van der Waals surface area contributed by atoms with Crippen molar-refractivity contribution in [3.05, 3.63) is 69.4 Å². The molecule has 2 aromatic carbocycles. The summed E-state index contributed by atoms with van der Waals surface area (Å²) in [5.74, 6) is -1.69. The first-order valence-corrected chi connectivity index (χ1v) is 6.40. The predicted molar refractivity (Wildman–Crippen MR) is 71.1 cm³/mol. The number of hydrogen-bond acceptors (Lipinski definition) is 1. The lowest BCUT2D eigenvalue weighted by Crippen LogP contribution is -2.14. The largest absolute Gasteiger partial charge is 0.324 e. The number of hydrogen-bond donors (Lipinski definition) is 1. The molecule has 0 fully saturated rings. The van der Waals surface area contributed by atoms with Crippen molar-refractivity contribution < 1.29 is 13.2 Å². The molecule has 2 N–H and O–H groups in total. The van der Waals surface area contributed by atoms with Gasteiger partial charge in [0.25, 0.3) is 0 Å². The van der Waals surface area contributed by atoms with Crippen LogP contribution < -0.4 is 5.73 Å². The molecule has 0 heterocycles. The molecule has 2 aromatic rings. The van der Waals surface area contributed by atoms with E-state index in [9.17, 15) is 13.2 Å². The second-order valence-electron chi connectivity index (χ2n) is 4.25. The van der Waals surface area contributed by atoms with Crippen LogP contribution in [0.25, 0.3) is 0 Å². The first kappa shape index (κ1) is 14.1. The summed E-state index contributed by atoms with van der Waals surface area (Å²) in [5.41, 5.74) is 7.07.